The molecule has 1 amide bonds. The predicted octanol–water partition coefficient (Wildman–Crippen LogP) is 3.12. The van der Waals surface area contributed by atoms with Gasteiger partial charge in [-0.3, -0.25) is 4.79 Å². The number of likely N-dealkylation sites (tertiary alicyclic amines) is 1. The fourth-order valence-electron chi connectivity index (χ4n) is 2.55. The summed E-state index contributed by atoms with van der Waals surface area (Å²) in [5.74, 6) is 0.731. The fourth-order valence-corrected chi connectivity index (χ4v) is 2.75. The van der Waals surface area contributed by atoms with Gasteiger partial charge in [0.05, 0.1) is 18.1 Å². The van der Waals surface area contributed by atoms with E-state index < -0.39 is 0 Å². The van der Waals surface area contributed by atoms with Gasteiger partial charge in [-0.2, -0.15) is 0 Å². The number of rotatable bonds is 4. The molecule has 1 atom stereocenters. The van der Waals surface area contributed by atoms with Crippen LogP contribution in [0.4, 0.5) is 0 Å². The Morgan fingerprint density at radius 3 is 2.77 bits per heavy atom. The molecule has 22 heavy (non-hydrogen) atoms. The minimum absolute atomic E-state index is 0. The van der Waals surface area contributed by atoms with Gasteiger partial charge in [0, 0.05) is 19.1 Å². The number of amides is 1. The molecule has 2 rings (SSSR count). The quantitative estimate of drug-likeness (QED) is 0.911. The summed E-state index contributed by atoms with van der Waals surface area (Å²) in [6.07, 6.45) is 1.21. The van der Waals surface area contributed by atoms with E-state index >= 15 is 0 Å². The Kier molecular flexibility index (Phi) is 6.98. The van der Waals surface area contributed by atoms with Gasteiger partial charge in [-0.1, -0.05) is 37.6 Å². The van der Waals surface area contributed by atoms with E-state index in [-0.39, 0.29) is 29.8 Å². The first kappa shape index (κ1) is 19.1. The molecule has 1 saturated heterocycles. The van der Waals surface area contributed by atoms with Crippen LogP contribution in [0.3, 0.4) is 0 Å². The number of nitrogens with zero attached hydrogens (tertiary/aromatic N) is 1. The van der Waals surface area contributed by atoms with Crippen molar-refractivity contribution in [3.8, 4) is 5.75 Å². The van der Waals surface area contributed by atoms with Gasteiger partial charge in [0.25, 0.3) is 0 Å². The molecule has 0 radical (unpaired) electrons. The zero-order chi connectivity index (χ0) is 15.5. The molecule has 1 heterocycles. The fraction of sp³-hybridized carbons (Fsp3) is 0.562. The smallest absolute Gasteiger partial charge is 0.226 e. The van der Waals surface area contributed by atoms with Crippen LogP contribution in [0.15, 0.2) is 24.3 Å². The van der Waals surface area contributed by atoms with Crippen molar-refractivity contribution in [2.45, 2.75) is 32.7 Å². The van der Waals surface area contributed by atoms with E-state index in [4.69, 9.17) is 22.1 Å². The molecule has 124 valence electrons. The zero-order valence-electron chi connectivity index (χ0n) is 13.0. The van der Waals surface area contributed by atoms with Crippen molar-refractivity contribution in [1.82, 2.24) is 4.90 Å². The molecule has 0 aromatic heterocycles. The maximum atomic E-state index is 12.2. The van der Waals surface area contributed by atoms with E-state index in [0.29, 0.717) is 30.3 Å². The van der Waals surface area contributed by atoms with Gasteiger partial charge >= 0.3 is 0 Å². The lowest BCUT2D eigenvalue weighted by Crippen LogP contribution is -2.54. The van der Waals surface area contributed by atoms with Crippen molar-refractivity contribution in [1.29, 1.82) is 0 Å². The lowest BCUT2D eigenvalue weighted by Gasteiger charge is -2.42. The highest BCUT2D eigenvalue weighted by atomic mass is 35.5. The van der Waals surface area contributed by atoms with Crippen LogP contribution >= 0.6 is 24.0 Å². The Hall–Kier alpha value is -0.970. The summed E-state index contributed by atoms with van der Waals surface area (Å²) < 4.78 is 5.57. The molecule has 1 aliphatic rings. The average molecular weight is 347 g/mol. The number of para-hydroxylation sites is 1. The van der Waals surface area contributed by atoms with E-state index in [1.807, 2.05) is 17.0 Å². The van der Waals surface area contributed by atoms with Gasteiger partial charge in [-0.25, -0.2) is 0 Å². The Morgan fingerprint density at radius 1 is 1.45 bits per heavy atom. The number of nitrogens with two attached hydrogens (primary N) is 1. The second-order valence-electron chi connectivity index (χ2n) is 6.23. The first-order chi connectivity index (χ1) is 9.90. The van der Waals surface area contributed by atoms with Gasteiger partial charge < -0.3 is 15.4 Å². The predicted molar refractivity (Wildman–Crippen MR) is 91.8 cm³/mol. The van der Waals surface area contributed by atoms with Gasteiger partial charge in [0.15, 0.2) is 0 Å². The van der Waals surface area contributed by atoms with Crippen LogP contribution in [-0.2, 0) is 4.79 Å². The van der Waals surface area contributed by atoms with E-state index in [1.54, 1.807) is 12.1 Å². The number of ether oxygens (including phenoxy) is 1. The maximum absolute atomic E-state index is 12.2. The Bertz CT molecular complexity index is 509. The van der Waals surface area contributed by atoms with Gasteiger partial charge in [-0.05, 0) is 24.0 Å². The highest BCUT2D eigenvalue weighted by Gasteiger charge is 2.35. The monoisotopic (exact) mass is 346 g/mol. The molecule has 1 aromatic rings. The lowest BCUT2D eigenvalue weighted by atomic mass is 9.79. The highest BCUT2D eigenvalue weighted by Crippen LogP contribution is 2.28. The molecule has 6 heteroatoms. The third-order valence-electron chi connectivity index (χ3n) is 4.08. The molecule has 0 aliphatic carbocycles. The molecule has 1 unspecified atom stereocenters. The van der Waals surface area contributed by atoms with Crippen LogP contribution in [0.2, 0.25) is 5.02 Å². The van der Waals surface area contributed by atoms with Gasteiger partial charge in [0.2, 0.25) is 5.91 Å². The largest absolute Gasteiger partial charge is 0.491 e. The van der Waals surface area contributed by atoms with Crippen molar-refractivity contribution >= 4 is 29.9 Å². The van der Waals surface area contributed by atoms with Crippen molar-refractivity contribution in [2.75, 3.05) is 19.7 Å². The summed E-state index contributed by atoms with van der Waals surface area (Å²) in [4.78, 5) is 14.1. The van der Waals surface area contributed by atoms with Crippen molar-refractivity contribution in [3.63, 3.8) is 0 Å². The van der Waals surface area contributed by atoms with Crippen LogP contribution in [0.1, 0.15) is 26.7 Å². The molecule has 4 nitrogen and oxygen atoms in total. The molecule has 1 fully saturated rings. The number of carbonyl (C=O) groups is 1. The van der Waals surface area contributed by atoms with E-state index in [2.05, 4.69) is 13.8 Å². The second kappa shape index (κ2) is 8.04. The first-order valence-electron chi connectivity index (χ1n) is 7.31. The number of benzene rings is 1. The second-order valence-corrected chi connectivity index (χ2v) is 6.64. The standard InChI is InChI=1S/C16H23ClN2O2.ClH/c1-16(2)11-19(9-7-14(16)18)15(20)8-10-21-13-6-4-3-5-12(13)17;/h3-6,14H,7-11,18H2,1-2H3;1H. The third-order valence-corrected chi connectivity index (χ3v) is 4.39. The van der Waals surface area contributed by atoms with Crippen LogP contribution < -0.4 is 10.5 Å². The van der Waals surface area contributed by atoms with E-state index in [9.17, 15) is 4.79 Å². The molecule has 0 bridgehead atoms. The third kappa shape index (κ3) is 4.77. The summed E-state index contributed by atoms with van der Waals surface area (Å²) in [5.41, 5.74) is 6.06. The molecule has 2 N–H and O–H groups in total. The van der Waals surface area contributed by atoms with E-state index in [0.717, 1.165) is 13.0 Å². The SMILES string of the molecule is CC1(C)CN(C(=O)CCOc2ccccc2Cl)CCC1N.Cl. The molecule has 0 saturated carbocycles. The normalized spacial score (nSPS) is 20.2. The molecule has 1 aliphatic heterocycles. The Balaban J connectivity index is 0.00000242. The summed E-state index contributed by atoms with van der Waals surface area (Å²) in [6.45, 7) is 5.99. The van der Waals surface area contributed by atoms with Gasteiger partial charge in [0.1, 0.15) is 5.75 Å². The Morgan fingerprint density at radius 2 is 2.14 bits per heavy atom. The molecular weight excluding hydrogens is 323 g/mol. The van der Waals surface area contributed by atoms with Crippen LogP contribution in [0, 0.1) is 5.41 Å². The van der Waals surface area contributed by atoms with E-state index in [1.165, 1.54) is 0 Å². The first-order valence-corrected chi connectivity index (χ1v) is 7.68. The molecule has 1 aromatic carbocycles. The van der Waals surface area contributed by atoms with Crippen LogP contribution in [0.25, 0.3) is 0 Å². The maximum Gasteiger partial charge on any atom is 0.226 e. The topological polar surface area (TPSA) is 55.6 Å². The van der Waals surface area contributed by atoms with Gasteiger partial charge in [-0.15, -0.1) is 12.4 Å². The summed E-state index contributed by atoms with van der Waals surface area (Å²) in [5, 5.41) is 0.565. The minimum Gasteiger partial charge on any atom is -0.491 e. The zero-order valence-corrected chi connectivity index (χ0v) is 14.6. The van der Waals surface area contributed by atoms with Crippen molar-refractivity contribution in [2.24, 2.45) is 11.1 Å². The minimum atomic E-state index is -0.0303. The summed E-state index contributed by atoms with van der Waals surface area (Å²) >= 11 is 6.01. The van der Waals surface area contributed by atoms with Crippen molar-refractivity contribution in [3.05, 3.63) is 29.3 Å². The average Bonchev–Trinajstić information content (AvgIpc) is 2.43. The Labute approximate surface area is 143 Å². The number of carbonyl (C=O) groups excluding carboxylic acids is 1. The summed E-state index contributed by atoms with van der Waals surface area (Å²) in [6, 6.07) is 7.43. The number of hydrogen-bond donors (Lipinski definition) is 1. The summed E-state index contributed by atoms with van der Waals surface area (Å²) in [7, 11) is 0. The molecular formula is C16H24Cl2N2O2. The number of piperidine rings is 1. The molecule has 0 spiro atoms. The van der Waals surface area contributed by atoms with Crippen molar-refractivity contribution < 1.29 is 9.53 Å². The van der Waals surface area contributed by atoms with Crippen LogP contribution in [-0.4, -0.2) is 36.5 Å². The van der Waals surface area contributed by atoms with Crippen LogP contribution in [0.5, 0.6) is 5.75 Å². The lowest BCUT2D eigenvalue weighted by molar-refractivity contribution is -0.135. The number of hydrogen-bond acceptors (Lipinski definition) is 3. The number of halogens is 2. The highest BCUT2D eigenvalue weighted by molar-refractivity contribution is 6.32.